The summed E-state index contributed by atoms with van der Waals surface area (Å²) >= 11 is 6.17. The lowest BCUT2D eigenvalue weighted by Gasteiger charge is -2.19. The van der Waals surface area contributed by atoms with Crippen molar-refractivity contribution in [3.05, 3.63) is 64.7 Å². The molecule has 2 N–H and O–H groups in total. The molecule has 0 saturated carbocycles. The molecule has 0 amide bonds. The number of aliphatic hydroxyl groups excluding tert-OH is 1. The first-order chi connectivity index (χ1) is 10.6. The number of halogens is 1. The molecule has 0 aliphatic carbocycles. The van der Waals surface area contributed by atoms with Crippen molar-refractivity contribution in [1.29, 1.82) is 0 Å². The molecule has 0 aliphatic heterocycles. The maximum atomic E-state index is 10.3. The molecule has 0 aromatic heterocycles. The maximum absolute atomic E-state index is 10.3. The van der Waals surface area contributed by atoms with Gasteiger partial charge >= 0.3 is 0 Å². The summed E-state index contributed by atoms with van der Waals surface area (Å²) in [7, 11) is 1.61. The third kappa shape index (κ3) is 4.47. The van der Waals surface area contributed by atoms with Crippen molar-refractivity contribution in [2.45, 2.75) is 25.5 Å². The minimum absolute atomic E-state index is 0.212. The number of rotatable bonds is 7. The number of methoxy groups -OCH3 is 1. The second-order valence-corrected chi connectivity index (χ2v) is 5.77. The summed E-state index contributed by atoms with van der Waals surface area (Å²) in [5, 5.41) is 14.5. The second kappa shape index (κ2) is 8.18. The molecule has 118 valence electrons. The monoisotopic (exact) mass is 319 g/mol. The van der Waals surface area contributed by atoms with Gasteiger partial charge in [-0.1, -0.05) is 48.0 Å². The van der Waals surface area contributed by atoms with Crippen molar-refractivity contribution in [2.75, 3.05) is 13.7 Å². The first-order valence-corrected chi connectivity index (χ1v) is 7.77. The molecule has 2 aromatic carbocycles. The molecule has 4 heteroatoms. The van der Waals surface area contributed by atoms with Crippen molar-refractivity contribution in [2.24, 2.45) is 0 Å². The number of para-hydroxylation sites is 1. The zero-order valence-corrected chi connectivity index (χ0v) is 13.7. The molecule has 2 atom stereocenters. The number of aliphatic hydroxyl groups is 1. The fourth-order valence-electron chi connectivity index (χ4n) is 2.43. The third-order valence-electron chi connectivity index (χ3n) is 3.64. The van der Waals surface area contributed by atoms with Crippen LogP contribution in [0, 0.1) is 0 Å². The summed E-state index contributed by atoms with van der Waals surface area (Å²) in [5.74, 6) is 0.704. The van der Waals surface area contributed by atoms with E-state index < -0.39 is 6.10 Å². The van der Waals surface area contributed by atoms with Gasteiger partial charge in [0.05, 0.1) is 13.2 Å². The fourth-order valence-corrected chi connectivity index (χ4v) is 2.64. The molecular weight excluding hydrogens is 298 g/mol. The Kier molecular flexibility index (Phi) is 6.25. The van der Waals surface area contributed by atoms with Crippen LogP contribution in [0.25, 0.3) is 0 Å². The predicted octanol–water partition coefficient (Wildman–Crippen LogP) is 3.60. The Morgan fingerprint density at radius 1 is 1.14 bits per heavy atom. The van der Waals surface area contributed by atoms with E-state index in [1.807, 2.05) is 48.5 Å². The average molecular weight is 320 g/mol. The van der Waals surface area contributed by atoms with Gasteiger partial charge in [0.25, 0.3) is 0 Å². The number of hydrogen-bond donors (Lipinski definition) is 2. The number of hydrogen-bond acceptors (Lipinski definition) is 3. The summed E-state index contributed by atoms with van der Waals surface area (Å²) in [5.41, 5.74) is 1.90. The molecule has 0 unspecified atom stereocenters. The lowest BCUT2D eigenvalue weighted by molar-refractivity contribution is 0.166. The van der Waals surface area contributed by atoms with Gasteiger partial charge in [-0.05, 0) is 31.0 Å². The summed E-state index contributed by atoms with van der Waals surface area (Å²) in [4.78, 5) is 0. The van der Waals surface area contributed by atoms with Crippen LogP contribution in [0.4, 0.5) is 0 Å². The zero-order chi connectivity index (χ0) is 15.9. The van der Waals surface area contributed by atoms with Crippen LogP contribution in [0.2, 0.25) is 5.02 Å². The van der Waals surface area contributed by atoms with Gasteiger partial charge in [0.15, 0.2) is 0 Å². The van der Waals surface area contributed by atoms with Crippen LogP contribution in [-0.4, -0.2) is 24.8 Å². The van der Waals surface area contributed by atoms with Crippen LogP contribution in [0.15, 0.2) is 48.5 Å². The van der Waals surface area contributed by atoms with E-state index in [1.165, 1.54) is 0 Å². The minimum Gasteiger partial charge on any atom is -0.496 e. The first kappa shape index (κ1) is 16.8. The van der Waals surface area contributed by atoms with E-state index in [0.29, 0.717) is 12.3 Å². The number of nitrogens with one attached hydrogen (secondary N) is 1. The van der Waals surface area contributed by atoms with Crippen molar-refractivity contribution in [3.63, 3.8) is 0 Å². The quantitative estimate of drug-likeness (QED) is 0.819. The SMILES string of the molecule is COc1ccccc1[C@@H](O)CN[C@H](C)Cc1ccccc1Cl. The van der Waals surface area contributed by atoms with Gasteiger partial charge in [-0.2, -0.15) is 0 Å². The Morgan fingerprint density at radius 3 is 2.55 bits per heavy atom. The van der Waals surface area contributed by atoms with Gasteiger partial charge in [-0.15, -0.1) is 0 Å². The molecule has 2 aromatic rings. The topological polar surface area (TPSA) is 41.5 Å². The maximum Gasteiger partial charge on any atom is 0.124 e. The zero-order valence-electron chi connectivity index (χ0n) is 12.9. The van der Waals surface area contributed by atoms with Crippen molar-refractivity contribution in [1.82, 2.24) is 5.32 Å². The van der Waals surface area contributed by atoms with E-state index in [4.69, 9.17) is 16.3 Å². The van der Waals surface area contributed by atoms with Crippen molar-refractivity contribution in [3.8, 4) is 5.75 Å². The van der Waals surface area contributed by atoms with Crippen molar-refractivity contribution >= 4 is 11.6 Å². The Hall–Kier alpha value is -1.55. The molecule has 0 saturated heterocycles. The molecule has 0 aliphatic rings. The highest BCUT2D eigenvalue weighted by Crippen LogP contribution is 2.24. The van der Waals surface area contributed by atoms with Gasteiger partial charge in [0.1, 0.15) is 5.75 Å². The van der Waals surface area contributed by atoms with E-state index in [0.717, 1.165) is 22.6 Å². The van der Waals surface area contributed by atoms with Crippen LogP contribution in [0.5, 0.6) is 5.75 Å². The predicted molar refractivity (Wildman–Crippen MR) is 90.6 cm³/mol. The number of ether oxygens (including phenoxy) is 1. The minimum atomic E-state index is -0.607. The molecule has 0 fully saturated rings. The largest absolute Gasteiger partial charge is 0.496 e. The standard InChI is InChI=1S/C18H22ClNO2/c1-13(11-14-7-3-5-9-16(14)19)20-12-17(21)15-8-4-6-10-18(15)22-2/h3-10,13,17,20-21H,11-12H2,1-2H3/t13-,17+/m1/s1. The van der Waals surface area contributed by atoms with Gasteiger partial charge in [0, 0.05) is 23.2 Å². The normalized spacial score (nSPS) is 13.6. The Bertz CT molecular complexity index is 603. The smallest absolute Gasteiger partial charge is 0.124 e. The Labute approximate surface area is 136 Å². The van der Waals surface area contributed by atoms with Crippen LogP contribution in [0.1, 0.15) is 24.2 Å². The molecular formula is C18H22ClNO2. The molecule has 3 nitrogen and oxygen atoms in total. The van der Waals surface area contributed by atoms with E-state index in [1.54, 1.807) is 7.11 Å². The summed E-state index contributed by atoms with van der Waals surface area (Å²) in [6.07, 6.45) is 0.211. The lowest BCUT2D eigenvalue weighted by Crippen LogP contribution is -2.32. The highest BCUT2D eigenvalue weighted by molar-refractivity contribution is 6.31. The van der Waals surface area contributed by atoms with E-state index in [9.17, 15) is 5.11 Å². The highest BCUT2D eigenvalue weighted by atomic mass is 35.5. The molecule has 0 radical (unpaired) electrons. The van der Waals surface area contributed by atoms with Crippen LogP contribution in [0.3, 0.4) is 0 Å². The van der Waals surface area contributed by atoms with Gasteiger partial charge in [0.2, 0.25) is 0 Å². The molecule has 2 rings (SSSR count). The highest BCUT2D eigenvalue weighted by Gasteiger charge is 2.14. The van der Waals surface area contributed by atoms with E-state index in [-0.39, 0.29) is 6.04 Å². The van der Waals surface area contributed by atoms with E-state index in [2.05, 4.69) is 12.2 Å². The summed E-state index contributed by atoms with van der Waals surface area (Å²) < 4.78 is 5.28. The molecule has 0 heterocycles. The Morgan fingerprint density at radius 2 is 1.82 bits per heavy atom. The average Bonchev–Trinajstić information content (AvgIpc) is 2.54. The number of benzene rings is 2. The van der Waals surface area contributed by atoms with Crippen LogP contribution in [-0.2, 0) is 6.42 Å². The van der Waals surface area contributed by atoms with Crippen molar-refractivity contribution < 1.29 is 9.84 Å². The van der Waals surface area contributed by atoms with Gasteiger partial charge in [-0.3, -0.25) is 0 Å². The summed E-state index contributed by atoms with van der Waals surface area (Å²) in [6, 6.07) is 15.6. The van der Waals surface area contributed by atoms with Crippen LogP contribution >= 0.6 is 11.6 Å². The van der Waals surface area contributed by atoms with Gasteiger partial charge < -0.3 is 15.2 Å². The Balaban J connectivity index is 1.90. The molecule has 0 spiro atoms. The fraction of sp³-hybridized carbons (Fsp3) is 0.333. The molecule has 0 bridgehead atoms. The van der Waals surface area contributed by atoms with Gasteiger partial charge in [-0.25, -0.2) is 0 Å². The van der Waals surface area contributed by atoms with E-state index >= 15 is 0 Å². The molecule has 22 heavy (non-hydrogen) atoms. The van der Waals surface area contributed by atoms with Crippen LogP contribution < -0.4 is 10.1 Å². The third-order valence-corrected chi connectivity index (χ3v) is 4.01. The first-order valence-electron chi connectivity index (χ1n) is 7.39. The lowest BCUT2D eigenvalue weighted by atomic mass is 10.1. The summed E-state index contributed by atoms with van der Waals surface area (Å²) in [6.45, 7) is 2.55. The second-order valence-electron chi connectivity index (χ2n) is 5.36.